The number of nitrogens with zero attached hydrogens (tertiary/aromatic N) is 3. The smallest absolute Gasteiger partial charge is 0.316 e. The fourth-order valence-corrected chi connectivity index (χ4v) is 4.40. The molecule has 1 unspecified atom stereocenters. The number of methoxy groups -OCH3 is 1. The van der Waals surface area contributed by atoms with Crippen molar-refractivity contribution in [2.45, 2.75) is 57.9 Å². The quantitative estimate of drug-likeness (QED) is 0.602. The van der Waals surface area contributed by atoms with E-state index in [9.17, 15) is 4.79 Å². The van der Waals surface area contributed by atoms with E-state index in [-0.39, 0.29) is 0 Å². The number of benzene rings is 1. The molecule has 2 heterocycles. The van der Waals surface area contributed by atoms with Crippen molar-refractivity contribution in [3.8, 4) is 11.8 Å². The summed E-state index contributed by atoms with van der Waals surface area (Å²) in [5.41, 5.74) is 3.00. The molecular weight excluding hydrogens is 378 g/mol. The van der Waals surface area contributed by atoms with Gasteiger partial charge in [0.15, 0.2) is 0 Å². The number of fused-ring (bicyclic) bond motifs is 1. The molecule has 1 aromatic carbocycles. The molecule has 2 aromatic rings. The molecule has 1 aliphatic heterocycles. The normalized spacial score (nSPS) is 20.5. The number of aromatic nitrogens is 2. The maximum Gasteiger partial charge on any atom is 0.316 e. The van der Waals surface area contributed by atoms with Crippen LogP contribution in [0.1, 0.15) is 57.2 Å². The zero-order valence-electron chi connectivity index (χ0n) is 18.0. The summed E-state index contributed by atoms with van der Waals surface area (Å²) in [5.74, 6) is 3.70. The van der Waals surface area contributed by atoms with E-state index in [4.69, 9.17) is 14.5 Å². The minimum absolute atomic E-state index is 0.415. The monoisotopic (exact) mass is 407 g/mol. The highest BCUT2D eigenvalue weighted by molar-refractivity contribution is 5.71. The maximum atomic E-state index is 12.3. The molecule has 6 heteroatoms. The lowest BCUT2D eigenvalue weighted by Gasteiger charge is -2.44. The first-order valence-corrected chi connectivity index (χ1v) is 10.8. The molecule has 4 rings (SSSR count). The van der Waals surface area contributed by atoms with Gasteiger partial charge in [0.2, 0.25) is 0 Å². The predicted octanol–water partition coefficient (Wildman–Crippen LogP) is 4.46. The summed E-state index contributed by atoms with van der Waals surface area (Å²) < 4.78 is 11.1. The second kappa shape index (κ2) is 8.49. The average Bonchev–Trinajstić information content (AvgIpc) is 3.62. The van der Waals surface area contributed by atoms with Crippen LogP contribution in [0.4, 0.5) is 5.69 Å². The van der Waals surface area contributed by atoms with Crippen molar-refractivity contribution < 1.29 is 14.3 Å². The van der Waals surface area contributed by atoms with Crippen LogP contribution in [0, 0.1) is 5.92 Å². The van der Waals surface area contributed by atoms with E-state index in [1.807, 2.05) is 35.4 Å². The number of allylic oxidation sites excluding steroid dienone is 1. The van der Waals surface area contributed by atoms with Crippen LogP contribution in [0.15, 0.2) is 36.2 Å². The number of hydrogen-bond donors (Lipinski definition) is 0. The number of anilines is 1. The Hall–Kier alpha value is -2.85. The number of hydrogen-bond acceptors (Lipinski definition) is 6. The third-order valence-electron chi connectivity index (χ3n) is 6.25. The summed E-state index contributed by atoms with van der Waals surface area (Å²) in [5, 5.41) is 0. The van der Waals surface area contributed by atoms with Crippen LogP contribution in [-0.4, -0.2) is 29.6 Å². The van der Waals surface area contributed by atoms with Gasteiger partial charge >= 0.3 is 6.01 Å². The SMILES string of the molecule is CCCC1(CC)C(=C=O)N(c2ccc(OC)cc2)Cc2cnc(OCC3CC3)nc21. The molecule has 1 saturated carbocycles. The molecule has 1 aromatic heterocycles. The van der Waals surface area contributed by atoms with Crippen molar-refractivity contribution in [3.05, 3.63) is 47.4 Å². The van der Waals surface area contributed by atoms with Gasteiger partial charge in [0.05, 0.1) is 31.4 Å². The summed E-state index contributed by atoms with van der Waals surface area (Å²) in [6.45, 7) is 5.44. The van der Waals surface area contributed by atoms with E-state index in [0.29, 0.717) is 30.8 Å². The van der Waals surface area contributed by atoms with Crippen LogP contribution in [0.25, 0.3) is 0 Å². The maximum absolute atomic E-state index is 12.3. The van der Waals surface area contributed by atoms with Crippen molar-refractivity contribution in [3.63, 3.8) is 0 Å². The molecule has 0 amide bonds. The van der Waals surface area contributed by atoms with E-state index < -0.39 is 5.41 Å². The summed E-state index contributed by atoms with van der Waals surface area (Å²) in [7, 11) is 1.65. The van der Waals surface area contributed by atoms with Gasteiger partial charge in [-0.3, -0.25) is 0 Å². The lowest BCUT2D eigenvalue weighted by molar-refractivity contribution is 0.271. The third kappa shape index (κ3) is 3.68. The second-order valence-corrected chi connectivity index (χ2v) is 8.20. The zero-order chi connectivity index (χ0) is 21.1. The van der Waals surface area contributed by atoms with Crippen LogP contribution in [0.5, 0.6) is 11.8 Å². The van der Waals surface area contributed by atoms with Crippen LogP contribution in [-0.2, 0) is 16.8 Å². The number of rotatable bonds is 8. The Balaban J connectivity index is 1.77. The summed E-state index contributed by atoms with van der Waals surface area (Å²) in [6, 6.07) is 8.18. The first-order chi connectivity index (χ1) is 14.6. The second-order valence-electron chi connectivity index (χ2n) is 8.20. The summed E-state index contributed by atoms with van der Waals surface area (Å²) >= 11 is 0. The molecule has 1 atom stereocenters. The molecule has 0 spiro atoms. The van der Waals surface area contributed by atoms with Gasteiger partial charge in [-0.2, -0.15) is 4.98 Å². The number of carbonyl (C=O) groups excluding carboxylic acids is 1. The van der Waals surface area contributed by atoms with Gasteiger partial charge in [0.25, 0.3) is 0 Å². The van der Waals surface area contributed by atoms with Crippen LogP contribution in [0.3, 0.4) is 0 Å². The lowest BCUT2D eigenvalue weighted by atomic mass is 9.71. The zero-order valence-corrected chi connectivity index (χ0v) is 18.0. The minimum atomic E-state index is -0.509. The highest BCUT2D eigenvalue weighted by Crippen LogP contribution is 2.47. The Morgan fingerprint density at radius 3 is 2.60 bits per heavy atom. The number of ether oxygens (including phenoxy) is 2. The van der Waals surface area contributed by atoms with Crippen molar-refractivity contribution in [2.75, 3.05) is 18.6 Å². The highest BCUT2D eigenvalue weighted by atomic mass is 16.5. The topological polar surface area (TPSA) is 64.6 Å². The molecule has 0 radical (unpaired) electrons. The molecule has 6 nitrogen and oxygen atoms in total. The van der Waals surface area contributed by atoms with Gasteiger partial charge in [-0.1, -0.05) is 20.3 Å². The predicted molar refractivity (Wildman–Crippen MR) is 116 cm³/mol. The molecule has 1 aliphatic carbocycles. The van der Waals surface area contributed by atoms with Gasteiger partial charge in [-0.05, 0) is 55.9 Å². The molecule has 1 fully saturated rings. The van der Waals surface area contributed by atoms with E-state index in [1.165, 1.54) is 12.8 Å². The fraction of sp³-hybridized carbons (Fsp3) is 0.500. The van der Waals surface area contributed by atoms with Gasteiger partial charge in [0, 0.05) is 17.4 Å². The third-order valence-corrected chi connectivity index (χ3v) is 6.25. The fourth-order valence-electron chi connectivity index (χ4n) is 4.40. The molecule has 0 saturated heterocycles. The standard InChI is InChI=1S/C24H29N3O3/c1-4-12-24(5-2)21(15-28)27(19-8-10-20(29-3)11-9-19)14-18-13-25-23(26-22(18)24)30-16-17-6-7-17/h8-11,13,17H,4-7,12,14,16H2,1-3H3. The lowest BCUT2D eigenvalue weighted by Crippen LogP contribution is -2.44. The molecule has 2 aliphatic rings. The van der Waals surface area contributed by atoms with E-state index in [2.05, 4.69) is 24.8 Å². The largest absolute Gasteiger partial charge is 0.497 e. The molecule has 0 bridgehead atoms. The van der Waals surface area contributed by atoms with Crippen molar-refractivity contribution in [1.29, 1.82) is 0 Å². The Kier molecular flexibility index (Phi) is 5.78. The first-order valence-electron chi connectivity index (χ1n) is 10.8. The Labute approximate surface area is 177 Å². The van der Waals surface area contributed by atoms with Crippen molar-refractivity contribution in [2.24, 2.45) is 5.92 Å². The van der Waals surface area contributed by atoms with Gasteiger partial charge in [0.1, 0.15) is 17.4 Å². The van der Waals surface area contributed by atoms with Gasteiger partial charge in [-0.15, -0.1) is 0 Å². The Morgan fingerprint density at radius 2 is 2.00 bits per heavy atom. The van der Waals surface area contributed by atoms with Crippen molar-refractivity contribution >= 4 is 11.6 Å². The average molecular weight is 408 g/mol. The van der Waals surface area contributed by atoms with Gasteiger partial charge in [-0.25, -0.2) is 9.78 Å². The Bertz CT molecular complexity index is 949. The summed E-state index contributed by atoms with van der Waals surface area (Å²) in [6.07, 6.45) is 6.79. The van der Waals surface area contributed by atoms with Crippen LogP contribution in [0.2, 0.25) is 0 Å². The minimum Gasteiger partial charge on any atom is -0.497 e. The first kappa shape index (κ1) is 20.4. The highest BCUT2D eigenvalue weighted by Gasteiger charge is 2.45. The van der Waals surface area contributed by atoms with E-state index in [1.54, 1.807) is 7.11 Å². The summed E-state index contributed by atoms with van der Waals surface area (Å²) in [4.78, 5) is 23.7. The van der Waals surface area contributed by atoms with E-state index in [0.717, 1.165) is 42.0 Å². The van der Waals surface area contributed by atoms with Crippen LogP contribution < -0.4 is 14.4 Å². The Morgan fingerprint density at radius 1 is 1.23 bits per heavy atom. The van der Waals surface area contributed by atoms with Gasteiger partial charge < -0.3 is 14.4 Å². The molecule has 158 valence electrons. The van der Waals surface area contributed by atoms with E-state index >= 15 is 0 Å². The van der Waals surface area contributed by atoms with Crippen LogP contribution >= 0.6 is 0 Å². The van der Waals surface area contributed by atoms with Crippen molar-refractivity contribution in [1.82, 2.24) is 9.97 Å². The molecule has 30 heavy (non-hydrogen) atoms. The molecule has 0 N–H and O–H groups in total. The molecular formula is C24H29N3O3.